The number of nitriles is 2. The fraction of sp³-hybridized carbons (Fsp3) is 0.433. The number of likely N-dealkylation sites (tertiary alicyclic amines) is 4. The molecule has 0 atom stereocenters. The number of alkyl halides is 6. The first kappa shape index (κ1) is 69.6. The molecule has 12 heterocycles. The summed E-state index contributed by atoms with van der Waals surface area (Å²) in [6, 6.07) is 10.5. The van der Waals surface area contributed by atoms with Crippen molar-refractivity contribution >= 4 is 46.0 Å². The lowest BCUT2D eigenvalue weighted by molar-refractivity contribution is -0.191. The number of aromatic nitrogens is 12. The van der Waals surface area contributed by atoms with Crippen molar-refractivity contribution in [2.24, 2.45) is 0 Å². The third-order valence-electron chi connectivity index (χ3n) is 16.3. The Bertz CT molecular complexity index is 3750. The van der Waals surface area contributed by atoms with E-state index in [4.69, 9.17) is 14.7 Å². The molecule has 8 aromatic rings. The van der Waals surface area contributed by atoms with Crippen LogP contribution in [0.25, 0.3) is 44.6 Å². The van der Waals surface area contributed by atoms with Gasteiger partial charge in [-0.2, -0.15) is 56.7 Å². The second kappa shape index (κ2) is 29.4. The van der Waals surface area contributed by atoms with Gasteiger partial charge < -0.3 is 24.9 Å². The summed E-state index contributed by atoms with van der Waals surface area (Å²) >= 11 is 0. The van der Waals surface area contributed by atoms with Gasteiger partial charge in [-0.25, -0.2) is 38.7 Å². The van der Waals surface area contributed by atoms with Gasteiger partial charge in [-0.05, 0) is 56.4 Å². The van der Waals surface area contributed by atoms with Crippen molar-refractivity contribution in [3.8, 4) is 34.7 Å². The number of fused-ring (bicyclic) bond motifs is 2. The molecule has 24 nitrogen and oxygen atoms in total. The van der Waals surface area contributed by atoms with E-state index >= 15 is 0 Å². The Hall–Kier alpha value is -9.91. The number of halogens is 8. The first-order chi connectivity index (χ1) is 43.1. The van der Waals surface area contributed by atoms with E-state index in [0.717, 1.165) is 81.9 Å². The average Bonchev–Trinajstić information content (AvgIpc) is 1.54. The van der Waals surface area contributed by atoms with Gasteiger partial charge in [0.25, 0.3) is 11.8 Å². The van der Waals surface area contributed by atoms with E-state index in [0.29, 0.717) is 58.3 Å². The van der Waals surface area contributed by atoms with Crippen molar-refractivity contribution in [1.29, 1.82) is 10.5 Å². The second-order valence-corrected chi connectivity index (χ2v) is 21.9. The minimum absolute atomic E-state index is 0. The van der Waals surface area contributed by atoms with Crippen molar-refractivity contribution in [1.82, 2.24) is 79.0 Å². The molecule has 0 bridgehead atoms. The zero-order valence-electron chi connectivity index (χ0n) is 47.9. The molecule has 0 aliphatic carbocycles. The van der Waals surface area contributed by atoms with Crippen molar-refractivity contribution in [3.63, 3.8) is 0 Å². The molecule has 4 fully saturated rings. The van der Waals surface area contributed by atoms with Crippen LogP contribution in [0.15, 0.2) is 86.5 Å². The number of rotatable bonds is 13. The molecule has 0 spiro atoms. The molecule has 4 saturated heterocycles. The second-order valence-electron chi connectivity index (χ2n) is 21.9. The van der Waals surface area contributed by atoms with Gasteiger partial charge in [-0.1, -0.05) is 28.2 Å². The van der Waals surface area contributed by atoms with E-state index in [1.807, 2.05) is 40.8 Å². The zero-order valence-corrected chi connectivity index (χ0v) is 47.9. The number of unbranched alkanes of at least 4 members (excludes halogenated alkanes) is 1. The van der Waals surface area contributed by atoms with Crippen LogP contribution in [0.4, 0.5) is 35.1 Å². The molecule has 0 radical (unpaired) electrons. The molecule has 486 valence electrons. The fourth-order valence-corrected chi connectivity index (χ4v) is 11.7. The predicted molar refractivity (Wildman–Crippen MR) is 312 cm³/mol. The molecule has 2 amide bonds. The number of H-pyrrole nitrogens is 2. The number of aromatic amines is 2. The standard InChI is InChI=1S/2C26H23F4N9O.C5H10O2.CO2.2CH4/c2*27-20-18(1-7-32-22(20)26(28,29)30)24(40)37-9-3-17(4-10-37)38-13-25(14-38,5-6-31)39-12-16(11-36-39)21-19-2-8-33-23(19)35-15-34-21;1-2-3-4-5(6)7;2-1-3;;/h2*1-2,7-8,11-12,15,17H,3-5,9-10,13-14H2,(H,33,34,35);2-4H2,1H3,(H,6,7);;2*1H4. The Morgan fingerprint density at radius 2 is 1.01 bits per heavy atom. The molecule has 8 aromatic heterocycles. The third-order valence-corrected chi connectivity index (χ3v) is 16.3. The number of piperidine rings is 2. The van der Waals surface area contributed by atoms with Crippen molar-refractivity contribution in [2.45, 2.75) is 115 Å². The summed E-state index contributed by atoms with van der Waals surface area (Å²) in [5, 5.41) is 38.1. The zero-order chi connectivity index (χ0) is 64.5. The maximum absolute atomic E-state index is 14.5. The van der Waals surface area contributed by atoms with Crippen LogP contribution in [-0.4, -0.2) is 173 Å². The lowest BCUT2D eigenvalue weighted by Crippen LogP contribution is -2.66. The summed E-state index contributed by atoms with van der Waals surface area (Å²) in [6.07, 6.45) is 10.6. The molecule has 12 rings (SSSR count). The van der Waals surface area contributed by atoms with Gasteiger partial charge in [-0.15, -0.1) is 0 Å². The Kier molecular flexibility index (Phi) is 22.2. The molecule has 0 unspecified atom stereocenters. The molecule has 32 heteroatoms. The highest BCUT2D eigenvalue weighted by atomic mass is 19.4. The van der Waals surface area contributed by atoms with Crippen molar-refractivity contribution in [3.05, 3.63) is 121 Å². The maximum Gasteiger partial charge on any atom is 0.436 e. The Labute approximate surface area is 520 Å². The van der Waals surface area contributed by atoms with Crippen LogP contribution >= 0.6 is 0 Å². The van der Waals surface area contributed by atoms with E-state index in [1.54, 1.807) is 24.8 Å². The Morgan fingerprint density at radius 3 is 1.34 bits per heavy atom. The van der Waals surface area contributed by atoms with E-state index in [2.05, 4.69) is 72.0 Å². The Balaban J connectivity index is 0.000000223. The van der Waals surface area contributed by atoms with E-state index in [9.17, 15) is 60.0 Å². The minimum Gasteiger partial charge on any atom is -0.481 e. The summed E-state index contributed by atoms with van der Waals surface area (Å²) < 4.78 is 111. The molecule has 4 aliphatic rings. The van der Waals surface area contributed by atoms with Gasteiger partial charge in [0, 0.05) is 130 Å². The summed E-state index contributed by atoms with van der Waals surface area (Å²) in [6.45, 7) is 5.41. The molecule has 3 N–H and O–H groups in total. The van der Waals surface area contributed by atoms with Crippen LogP contribution in [0, 0.1) is 34.3 Å². The predicted octanol–water partition coefficient (Wildman–Crippen LogP) is 9.16. The van der Waals surface area contributed by atoms with Crippen molar-refractivity contribution in [2.75, 3.05) is 52.4 Å². The number of carbonyl (C=O) groups is 3. The highest BCUT2D eigenvalue weighted by Gasteiger charge is 2.50. The first-order valence-corrected chi connectivity index (χ1v) is 28.2. The number of carbonyl (C=O) groups excluding carboxylic acids is 4. The minimum atomic E-state index is -4.99. The number of hydrogen-bond acceptors (Lipinski definition) is 17. The highest BCUT2D eigenvalue weighted by molar-refractivity contribution is 5.95. The highest BCUT2D eigenvalue weighted by Crippen LogP contribution is 2.40. The number of hydrogen-bond donors (Lipinski definition) is 3. The topological polar surface area (TPSA) is 311 Å². The van der Waals surface area contributed by atoms with Gasteiger partial charge in [-0.3, -0.25) is 33.5 Å². The number of carboxylic acids is 1. The molecule has 0 saturated carbocycles. The molecule has 92 heavy (non-hydrogen) atoms. The van der Waals surface area contributed by atoms with Gasteiger partial charge in [0.15, 0.2) is 23.0 Å². The summed E-state index contributed by atoms with van der Waals surface area (Å²) in [5.41, 5.74) is -1.14. The number of nitrogens with one attached hydrogen (secondary N) is 2. The SMILES string of the molecule is C.C.CCCCC(=O)O.N#CCC1(n2cc(-c3ncnc4[nH]ccc34)cn2)CN(C2CCN(C(=O)c3ccnc(C(F)(F)F)c3F)CC2)C1.N#CCC1(n2cc(-c3ncnc4[nH]ccc34)cn2)CN(C2CCN(C(=O)c3ccnc(C(F)(F)F)c3F)CC2)C1.O=C=O. The molecule has 4 aliphatic heterocycles. The van der Waals surface area contributed by atoms with Crippen LogP contribution in [-0.2, 0) is 37.8 Å². The van der Waals surface area contributed by atoms with E-state index < -0.39 is 75.4 Å². The van der Waals surface area contributed by atoms with Crippen molar-refractivity contribution < 1.29 is 64.2 Å². The van der Waals surface area contributed by atoms with Crippen LogP contribution in [0.2, 0.25) is 0 Å². The smallest absolute Gasteiger partial charge is 0.436 e. The number of pyridine rings is 2. The largest absolute Gasteiger partial charge is 0.481 e. The van der Waals surface area contributed by atoms with E-state index in [1.165, 1.54) is 22.5 Å². The van der Waals surface area contributed by atoms with Gasteiger partial charge >= 0.3 is 24.5 Å². The van der Waals surface area contributed by atoms with Crippen LogP contribution < -0.4 is 0 Å². The normalized spacial score (nSPS) is 16.4. The quantitative estimate of drug-likeness (QED) is 0.0906. The summed E-state index contributed by atoms with van der Waals surface area (Å²) in [4.78, 5) is 88.4. The maximum atomic E-state index is 14.5. The van der Waals surface area contributed by atoms with E-state index in [-0.39, 0.29) is 72.1 Å². The molecular formula is C60H64F8N18O6. The first-order valence-electron chi connectivity index (χ1n) is 28.2. The van der Waals surface area contributed by atoms with Gasteiger partial charge in [0.2, 0.25) is 0 Å². The Morgan fingerprint density at radius 1 is 0.630 bits per heavy atom. The van der Waals surface area contributed by atoms with Crippen LogP contribution in [0.3, 0.4) is 0 Å². The number of aliphatic carboxylic acids is 1. The average molecular weight is 1290 g/mol. The lowest BCUT2D eigenvalue weighted by Gasteiger charge is -2.53. The summed E-state index contributed by atoms with van der Waals surface area (Å²) in [7, 11) is 0. The fourth-order valence-electron chi connectivity index (χ4n) is 11.7. The van der Waals surface area contributed by atoms with Gasteiger partial charge in [0.1, 0.15) is 35.0 Å². The molecule has 0 aromatic carbocycles. The van der Waals surface area contributed by atoms with Crippen LogP contribution in [0.1, 0.15) is 112 Å². The monoisotopic (exact) mass is 1280 g/mol. The van der Waals surface area contributed by atoms with Gasteiger partial charge in [0.05, 0.1) is 59.9 Å². The number of amides is 2. The number of carboxylic acid groups (broad SMARTS) is 1. The third kappa shape index (κ3) is 14.8. The number of nitrogens with zero attached hydrogens (tertiary/aromatic N) is 16. The summed E-state index contributed by atoms with van der Waals surface area (Å²) in [5.74, 6) is -5.55. The molecular weight excluding hydrogens is 1220 g/mol. The van der Waals surface area contributed by atoms with Crippen LogP contribution in [0.5, 0.6) is 0 Å². The lowest BCUT2D eigenvalue weighted by atomic mass is 9.83.